The van der Waals surface area contributed by atoms with Crippen molar-refractivity contribution in [2.45, 2.75) is 19.5 Å². The summed E-state index contributed by atoms with van der Waals surface area (Å²) in [4.78, 5) is 23.4. The van der Waals surface area contributed by atoms with E-state index < -0.39 is 0 Å². The molecule has 140 valence electrons. The van der Waals surface area contributed by atoms with Crippen molar-refractivity contribution >= 4 is 21.6 Å². The molecule has 0 fully saturated rings. The summed E-state index contributed by atoms with van der Waals surface area (Å²) in [5.74, 6) is 0.409. The molecule has 1 aliphatic heterocycles. The second-order valence-electron chi connectivity index (χ2n) is 7.07. The zero-order chi connectivity index (χ0) is 19.1. The van der Waals surface area contributed by atoms with Gasteiger partial charge < -0.3 is 4.98 Å². The molecule has 5 rings (SSSR count). The minimum atomic E-state index is -0.272. The molecular formula is C22H18FN3OS. The lowest BCUT2D eigenvalue weighted by molar-refractivity contribution is 0.239. The van der Waals surface area contributed by atoms with Crippen LogP contribution in [0.15, 0.2) is 59.4 Å². The Morgan fingerprint density at radius 3 is 2.71 bits per heavy atom. The molecule has 4 aromatic rings. The molecule has 6 heteroatoms. The number of fused-ring (bicyclic) bond motifs is 2. The van der Waals surface area contributed by atoms with Gasteiger partial charge >= 0.3 is 0 Å². The van der Waals surface area contributed by atoms with Gasteiger partial charge in [0.2, 0.25) is 0 Å². The third-order valence-electron chi connectivity index (χ3n) is 5.14. The Bertz CT molecular complexity index is 1210. The lowest BCUT2D eigenvalue weighted by Gasteiger charge is -2.28. The van der Waals surface area contributed by atoms with Crippen LogP contribution in [-0.4, -0.2) is 21.4 Å². The molecule has 1 aliphatic rings. The van der Waals surface area contributed by atoms with Gasteiger partial charge in [-0.2, -0.15) is 0 Å². The Morgan fingerprint density at radius 1 is 1.11 bits per heavy atom. The van der Waals surface area contributed by atoms with E-state index >= 15 is 0 Å². The van der Waals surface area contributed by atoms with Gasteiger partial charge in [-0.15, -0.1) is 11.3 Å². The first-order valence-corrected chi connectivity index (χ1v) is 10.1. The van der Waals surface area contributed by atoms with Crippen molar-refractivity contribution in [3.63, 3.8) is 0 Å². The Hall–Kier alpha value is -2.83. The summed E-state index contributed by atoms with van der Waals surface area (Å²) in [5, 5.41) is 0. The molecule has 0 amide bonds. The predicted octanol–water partition coefficient (Wildman–Crippen LogP) is 4.35. The summed E-state index contributed by atoms with van der Waals surface area (Å²) < 4.78 is 13.8. The van der Waals surface area contributed by atoms with E-state index in [1.165, 1.54) is 34.6 Å². The third-order valence-corrected chi connectivity index (χ3v) is 6.32. The molecule has 0 spiro atoms. The smallest absolute Gasteiger partial charge is 0.268 e. The van der Waals surface area contributed by atoms with Crippen molar-refractivity contribution in [2.75, 3.05) is 6.54 Å². The van der Waals surface area contributed by atoms with E-state index in [9.17, 15) is 9.18 Å². The average Bonchev–Trinajstić information content (AvgIpc) is 3.13. The fourth-order valence-corrected chi connectivity index (χ4v) is 4.72. The number of rotatable bonds is 3. The van der Waals surface area contributed by atoms with Gasteiger partial charge in [-0.25, -0.2) is 9.37 Å². The number of hydrogen-bond acceptors (Lipinski definition) is 4. The Morgan fingerprint density at radius 2 is 1.89 bits per heavy atom. The molecule has 0 unspecified atom stereocenters. The number of aromatic nitrogens is 2. The van der Waals surface area contributed by atoms with Crippen molar-refractivity contribution in [3.8, 4) is 10.4 Å². The maximum atomic E-state index is 13.2. The highest BCUT2D eigenvalue weighted by Crippen LogP contribution is 2.31. The van der Waals surface area contributed by atoms with E-state index in [2.05, 4.69) is 39.1 Å². The quantitative estimate of drug-likeness (QED) is 0.565. The van der Waals surface area contributed by atoms with Gasteiger partial charge in [0.25, 0.3) is 5.56 Å². The van der Waals surface area contributed by atoms with Crippen LogP contribution in [0.3, 0.4) is 0 Å². The largest absolute Gasteiger partial charge is 0.308 e. The summed E-state index contributed by atoms with van der Waals surface area (Å²) in [6.07, 6.45) is 1.01. The number of nitrogens with zero attached hydrogens (tertiary/aromatic N) is 2. The molecule has 0 saturated carbocycles. The summed E-state index contributed by atoms with van der Waals surface area (Å²) >= 11 is 1.39. The highest BCUT2D eigenvalue weighted by molar-refractivity contribution is 7.22. The van der Waals surface area contributed by atoms with Gasteiger partial charge in [0, 0.05) is 18.0 Å². The van der Waals surface area contributed by atoms with Gasteiger partial charge in [0.1, 0.15) is 16.3 Å². The van der Waals surface area contributed by atoms with Crippen LogP contribution >= 0.6 is 11.3 Å². The van der Waals surface area contributed by atoms with Crippen LogP contribution in [0.5, 0.6) is 0 Å². The highest BCUT2D eigenvalue weighted by Gasteiger charge is 2.18. The topological polar surface area (TPSA) is 49.0 Å². The summed E-state index contributed by atoms with van der Waals surface area (Å²) in [7, 11) is 0. The van der Waals surface area contributed by atoms with Crippen LogP contribution in [-0.2, 0) is 19.5 Å². The van der Waals surface area contributed by atoms with Crippen LogP contribution in [0.1, 0.15) is 17.0 Å². The maximum absolute atomic E-state index is 13.2. The first-order chi connectivity index (χ1) is 13.7. The van der Waals surface area contributed by atoms with Gasteiger partial charge in [0.05, 0.1) is 12.1 Å². The van der Waals surface area contributed by atoms with Crippen molar-refractivity contribution in [1.82, 2.24) is 14.9 Å². The molecule has 28 heavy (non-hydrogen) atoms. The monoisotopic (exact) mass is 391 g/mol. The molecule has 2 aromatic carbocycles. The van der Waals surface area contributed by atoms with E-state index in [-0.39, 0.29) is 11.4 Å². The number of benzene rings is 2. The number of H-pyrrole nitrogens is 1. The number of nitrogens with one attached hydrogen (secondary N) is 1. The molecule has 0 bridgehead atoms. The van der Waals surface area contributed by atoms with E-state index in [4.69, 9.17) is 0 Å². The minimum Gasteiger partial charge on any atom is -0.308 e. The van der Waals surface area contributed by atoms with Gasteiger partial charge in [-0.3, -0.25) is 9.69 Å². The van der Waals surface area contributed by atoms with E-state index in [0.717, 1.165) is 30.0 Å². The molecule has 2 aromatic heterocycles. The Balaban J connectivity index is 1.43. The van der Waals surface area contributed by atoms with E-state index in [1.54, 1.807) is 12.1 Å². The number of halogens is 1. The summed E-state index contributed by atoms with van der Waals surface area (Å²) in [6.45, 7) is 2.42. The first kappa shape index (κ1) is 17.3. The van der Waals surface area contributed by atoms with Crippen LogP contribution in [0, 0.1) is 5.82 Å². The highest BCUT2D eigenvalue weighted by atomic mass is 32.1. The van der Waals surface area contributed by atoms with E-state index in [1.807, 2.05) is 6.07 Å². The number of hydrogen-bond donors (Lipinski definition) is 1. The average molecular weight is 391 g/mol. The molecule has 0 atom stereocenters. The predicted molar refractivity (Wildman–Crippen MR) is 110 cm³/mol. The zero-order valence-corrected chi connectivity index (χ0v) is 15.9. The fourth-order valence-electron chi connectivity index (χ4n) is 3.72. The summed E-state index contributed by atoms with van der Waals surface area (Å²) in [5.41, 5.74) is 4.21. The maximum Gasteiger partial charge on any atom is 0.268 e. The van der Waals surface area contributed by atoms with Crippen LogP contribution in [0.2, 0.25) is 0 Å². The van der Waals surface area contributed by atoms with Gasteiger partial charge in [-0.1, -0.05) is 36.4 Å². The second-order valence-corrected chi connectivity index (χ2v) is 8.13. The zero-order valence-electron chi connectivity index (χ0n) is 15.1. The lowest BCUT2D eigenvalue weighted by atomic mass is 10.00. The van der Waals surface area contributed by atoms with Crippen molar-refractivity contribution < 1.29 is 4.39 Å². The van der Waals surface area contributed by atoms with E-state index in [0.29, 0.717) is 22.6 Å². The molecule has 4 nitrogen and oxygen atoms in total. The molecule has 0 aliphatic carbocycles. The van der Waals surface area contributed by atoms with Crippen LogP contribution < -0.4 is 5.56 Å². The Kier molecular flexibility index (Phi) is 4.30. The number of aromatic amines is 1. The third kappa shape index (κ3) is 3.25. The standard InChI is InChI=1S/C22H18FN3OS/c23-17-7-5-15(6-8-17)19-11-18-21(28-19)22(27)25-20(24-18)13-26-10-9-14-3-1-2-4-16(14)12-26/h1-8,11H,9-10,12-13H2,(H,24,25,27). The molecule has 1 N–H and O–H groups in total. The van der Waals surface area contributed by atoms with Crippen LogP contribution in [0.25, 0.3) is 20.7 Å². The normalized spacial score (nSPS) is 14.3. The van der Waals surface area contributed by atoms with Crippen molar-refractivity contribution in [1.29, 1.82) is 0 Å². The van der Waals surface area contributed by atoms with Crippen molar-refractivity contribution in [3.05, 3.63) is 87.7 Å². The van der Waals surface area contributed by atoms with Gasteiger partial charge in [0.15, 0.2) is 0 Å². The molecular weight excluding hydrogens is 373 g/mol. The molecule has 0 radical (unpaired) electrons. The Labute approximate surface area is 165 Å². The summed E-state index contributed by atoms with van der Waals surface area (Å²) in [6, 6.07) is 16.7. The second kappa shape index (κ2) is 6.96. The fraction of sp³-hybridized carbons (Fsp3) is 0.182. The molecule has 3 heterocycles. The molecule has 0 saturated heterocycles. The lowest BCUT2D eigenvalue weighted by Crippen LogP contribution is -2.31. The minimum absolute atomic E-state index is 0.115. The van der Waals surface area contributed by atoms with Gasteiger partial charge in [-0.05, 0) is 41.3 Å². The van der Waals surface area contributed by atoms with Crippen LogP contribution in [0.4, 0.5) is 4.39 Å². The number of thiophene rings is 1. The SMILES string of the molecule is O=c1[nH]c(CN2CCc3ccccc3C2)nc2cc(-c3ccc(F)cc3)sc12. The first-order valence-electron chi connectivity index (χ1n) is 9.23. The van der Waals surface area contributed by atoms with Crippen molar-refractivity contribution in [2.24, 2.45) is 0 Å².